The first kappa shape index (κ1) is 13.2. The maximum absolute atomic E-state index is 10.8. The van der Waals surface area contributed by atoms with Gasteiger partial charge in [0, 0.05) is 11.1 Å². The van der Waals surface area contributed by atoms with Crippen molar-refractivity contribution in [1.29, 1.82) is 0 Å². The highest BCUT2D eigenvalue weighted by Crippen LogP contribution is 2.20. The van der Waals surface area contributed by atoms with Crippen LogP contribution in [-0.4, -0.2) is 14.9 Å². The molecule has 100 valence electrons. The maximum atomic E-state index is 10.8. The Kier molecular flexibility index (Phi) is 3.88. The Bertz CT molecular complexity index is 599. The molecular formula is C10H12N6O2S. The predicted molar refractivity (Wildman–Crippen MR) is 72.9 cm³/mol. The molecule has 2 aromatic heterocycles. The zero-order valence-corrected chi connectivity index (χ0v) is 10.9. The number of hydrazine groups is 1. The Hall–Kier alpha value is -2.26. The van der Waals surface area contributed by atoms with Gasteiger partial charge in [-0.15, -0.1) is 11.3 Å². The molecule has 19 heavy (non-hydrogen) atoms. The van der Waals surface area contributed by atoms with Crippen LogP contribution in [0.15, 0.2) is 17.5 Å². The van der Waals surface area contributed by atoms with Gasteiger partial charge in [-0.2, -0.15) is 0 Å². The number of nitro groups is 1. The minimum absolute atomic E-state index is 0.0826. The van der Waals surface area contributed by atoms with E-state index in [0.29, 0.717) is 12.4 Å². The molecule has 0 unspecified atom stereocenters. The fourth-order valence-electron chi connectivity index (χ4n) is 1.44. The van der Waals surface area contributed by atoms with Gasteiger partial charge in [0.2, 0.25) is 0 Å². The number of nitrogens with zero attached hydrogens (tertiary/aromatic N) is 3. The summed E-state index contributed by atoms with van der Waals surface area (Å²) >= 11 is 1.51. The summed E-state index contributed by atoms with van der Waals surface area (Å²) in [7, 11) is 0. The topological polar surface area (TPSA) is 119 Å². The SMILES string of the molecule is Cc1csc(CNc2cc([N+](=O)[O-])cc(NN)n2)n1. The van der Waals surface area contributed by atoms with E-state index in [9.17, 15) is 10.1 Å². The van der Waals surface area contributed by atoms with Crippen molar-refractivity contribution in [2.24, 2.45) is 5.84 Å². The van der Waals surface area contributed by atoms with Gasteiger partial charge < -0.3 is 10.7 Å². The summed E-state index contributed by atoms with van der Waals surface area (Å²) in [6, 6.07) is 2.61. The number of aryl methyl sites for hydroxylation is 1. The van der Waals surface area contributed by atoms with Crippen molar-refractivity contribution in [3.05, 3.63) is 38.3 Å². The van der Waals surface area contributed by atoms with Gasteiger partial charge in [-0.25, -0.2) is 15.8 Å². The molecule has 8 nitrogen and oxygen atoms in total. The number of hydrogen-bond acceptors (Lipinski definition) is 8. The largest absolute Gasteiger partial charge is 0.363 e. The van der Waals surface area contributed by atoms with Gasteiger partial charge in [-0.05, 0) is 6.92 Å². The summed E-state index contributed by atoms with van der Waals surface area (Å²) in [4.78, 5) is 18.6. The molecule has 0 radical (unpaired) electrons. The van der Waals surface area contributed by atoms with Crippen LogP contribution in [0, 0.1) is 17.0 Å². The minimum Gasteiger partial charge on any atom is -0.363 e. The van der Waals surface area contributed by atoms with E-state index in [2.05, 4.69) is 20.7 Å². The van der Waals surface area contributed by atoms with Crippen LogP contribution in [0.3, 0.4) is 0 Å². The molecule has 0 amide bonds. The third kappa shape index (κ3) is 3.36. The first-order valence-corrected chi connectivity index (χ1v) is 6.24. The van der Waals surface area contributed by atoms with Crippen molar-refractivity contribution < 1.29 is 4.92 Å². The Morgan fingerprint density at radius 1 is 1.42 bits per heavy atom. The lowest BCUT2D eigenvalue weighted by molar-refractivity contribution is -0.384. The lowest BCUT2D eigenvalue weighted by Crippen LogP contribution is -2.10. The number of nitrogens with one attached hydrogen (secondary N) is 2. The van der Waals surface area contributed by atoms with Crippen LogP contribution in [0.5, 0.6) is 0 Å². The highest BCUT2D eigenvalue weighted by atomic mass is 32.1. The molecule has 0 aliphatic heterocycles. The van der Waals surface area contributed by atoms with Crippen molar-refractivity contribution >= 4 is 28.7 Å². The van der Waals surface area contributed by atoms with Gasteiger partial charge >= 0.3 is 0 Å². The molecule has 0 fully saturated rings. The fraction of sp³-hybridized carbons (Fsp3) is 0.200. The quantitative estimate of drug-likeness (QED) is 0.433. The Balaban J connectivity index is 2.15. The van der Waals surface area contributed by atoms with E-state index >= 15 is 0 Å². The second-order valence-corrected chi connectivity index (χ2v) is 4.68. The molecule has 2 heterocycles. The van der Waals surface area contributed by atoms with E-state index in [1.54, 1.807) is 0 Å². The number of thiazole rings is 1. The van der Waals surface area contributed by atoms with E-state index < -0.39 is 4.92 Å². The van der Waals surface area contributed by atoms with Gasteiger partial charge in [-0.3, -0.25) is 10.1 Å². The first-order valence-electron chi connectivity index (χ1n) is 5.36. The van der Waals surface area contributed by atoms with E-state index in [4.69, 9.17) is 5.84 Å². The smallest absolute Gasteiger partial charge is 0.276 e. The number of aromatic nitrogens is 2. The van der Waals surface area contributed by atoms with Crippen molar-refractivity contribution in [2.45, 2.75) is 13.5 Å². The number of pyridine rings is 1. The molecule has 0 aliphatic rings. The Morgan fingerprint density at radius 2 is 2.16 bits per heavy atom. The molecule has 0 spiro atoms. The van der Waals surface area contributed by atoms with Crippen LogP contribution in [0.25, 0.3) is 0 Å². The summed E-state index contributed by atoms with van der Waals surface area (Å²) in [6.45, 7) is 2.36. The molecule has 0 atom stereocenters. The summed E-state index contributed by atoms with van der Waals surface area (Å²) in [5, 5.41) is 16.6. The minimum atomic E-state index is -0.499. The van der Waals surface area contributed by atoms with Crippen molar-refractivity contribution in [2.75, 3.05) is 10.7 Å². The van der Waals surface area contributed by atoms with Gasteiger partial charge in [0.15, 0.2) is 0 Å². The van der Waals surface area contributed by atoms with Crippen LogP contribution in [0.1, 0.15) is 10.7 Å². The molecule has 0 saturated heterocycles. The van der Waals surface area contributed by atoms with Gasteiger partial charge in [0.25, 0.3) is 5.69 Å². The summed E-state index contributed by atoms with van der Waals surface area (Å²) in [6.07, 6.45) is 0. The zero-order chi connectivity index (χ0) is 13.8. The normalized spacial score (nSPS) is 10.2. The number of nitrogens with two attached hydrogens (primary N) is 1. The van der Waals surface area contributed by atoms with Crippen molar-refractivity contribution in [3.8, 4) is 0 Å². The van der Waals surface area contributed by atoms with Crippen LogP contribution in [0.2, 0.25) is 0 Å². The van der Waals surface area contributed by atoms with E-state index in [-0.39, 0.29) is 11.5 Å². The fourth-order valence-corrected chi connectivity index (χ4v) is 2.15. The molecule has 2 aromatic rings. The van der Waals surface area contributed by atoms with Crippen molar-refractivity contribution in [1.82, 2.24) is 9.97 Å². The number of hydrogen-bond donors (Lipinski definition) is 3. The van der Waals surface area contributed by atoms with Crippen LogP contribution >= 0.6 is 11.3 Å². The molecule has 0 aromatic carbocycles. The van der Waals surface area contributed by atoms with Gasteiger partial charge in [0.05, 0.1) is 23.6 Å². The number of anilines is 2. The molecule has 2 rings (SSSR count). The van der Waals surface area contributed by atoms with Crippen LogP contribution in [0.4, 0.5) is 17.3 Å². The first-order chi connectivity index (χ1) is 9.08. The average molecular weight is 280 g/mol. The second-order valence-electron chi connectivity index (χ2n) is 3.73. The molecule has 0 aliphatic carbocycles. The van der Waals surface area contributed by atoms with Crippen LogP contribution in [-0.2, 0) is 6.54 Å². The monoisotopic (exact) mass is 280 g/mol. The Labute approximate surface area is 112 Å². The highest BCUT2D eigenvalue weighted by molar-refractivity contribution is 7.09. The molecule has 9 heteroatoms. The summed E-state index contributed by atoms with van der Waals surface area (Å²) in [5.41, 5.74) is 3.16. The van der Waals surface area contributed by atoms with E-state index in [1.165, 1.54) is 23.5 Å². The van der Waals surface area contributed by atoms with Crippen molar-refractivity contribution in [3.63, 3.8) is 0 Å². The average Bonchev–Trinajstić information content (AvgIpc) is 2.81. The lowest BCUT2D eigenvalue weighted by atomic mass is 10.3. The maximum Gasteiger partial charge on any atom is 0.276 e. The molecule has 0 saturated carbocycles. The van der Waals surface area contributed by atoms with E-state index in [1.807, 2.05) is 12.3 Å². The van der Waals surface area contributed by atoms with Gasteiger partial charge in [0.1, 0.15) is 16.6 Å². The third-order valence-corrected chi connectivity index (χ3v) is 3.22. The predicted octanol–water partition coefficient (Wildman–Crippen LogP) is 1.65. The van der Waals surface area contributed by atoms with Gasteiger partial charge in [-0.1, -0.05) is 0 Å². The van der Waals surface area contributed by atoms with Crippen LogP contribution < -0.4 is 16.6 Å². The molecule has 0 bridgehead atoms. The molecule has 4 N–H and O–H groups in total. The molecular weight excluding hydrogens is 268 g/mol. The standard InChI is InChI=1S/C10H12N6O2S/c1-6-5-19-10(13-6)4-12-8-2-7(16(17)18)3-9(14-8)15-11/h2-3,5H,4,11H2,1H3,(H2,12,14,15). The lowest BCUT2D eigenvalue weighted by Gasteiger charge is -2.06. The number of nitrogen functional groups attached to an aromatic ring is 1. The van der Waals surface area contributed by atoms with E-state index in [0.717, 1.165) is 10.7 Å². The summed E-state index contributed by atoms with van der Waals surface area (Å²) in [5.74, 6) is 5.82. The second kappa shape index (κ2) is 5.59. The Morgan fingerprint density at radius 3 is 2.74 bits per heavy atom. The highest BCUT2D eigenvalue weighted by Gasteiger charge is 2.11. The zero-order valence-electron chi connectivity index (χ0n) is 10.1. The third-order valence-electron chi connectivity index (χ3n) is 2.26. The summed E-state index contributed by atoms with van der Waals surface area (Å²) < 4.78 is 0. The number of rotatable bonds is 5.